The van der Waals surface area contributed by atoms with Crippen molar-refractivity contribution < 1.29 is 10.2 Å². The van der Waals surface area contributed by atoms with Crippen LogP contribution in [0.2, 0.25) is 0 Å². The molecule has 0 saturated carbocycles. The minimum atomic E-state index is -0.167. The highest BCUT2D eigenvalue weighted by Gasteiger charge is 1.89. The SMILES string of the molecule is CC(C)O.CCN(CC)CC.CO. The fourth-order valence-electron chi connectivity index (χ4n) is 0.671. The molecule has 0 saturated heterocycles. The highest BCUT2D eigenvalue weighted by molar-refractivity contribution is 4.43. The molecule has 0 aromatic carbocycles. The normalized spacial score (nSPS) is 8.77. The molecule has 84 valence electrons. The Balaban J connectivity index is -0.000000142. The second-order valence-corrected chi connectivity index (χ2v) is 2.71. The zero-order valence-electron chi connectivity index (χ0n) is 10.0. The fraction of sp³-hybridized carbons (Fsp3) is 1.00. The predicted octanol–water partition coefficient (Wildman–Crippen LogP) is 1.34. The third-order valence-corrected chi connectivity index (χ3v) is 1.34. The Labute approximate surface area is 83.4 Å². The lowest BCUT2D eigenvalue weighted by Gasteiger charge is -2.13. The van der Waals surface area contributed by atoms with Crippen molar-refractivity contribution in [3.8, 4) is 0 Å². The predicted molar refractivity (Wildman–Crippen MR) is 59.0 cm³/mol. The van der Waals surface area contributed by atoms with Crippen molar-refractivity contribution in [3.63, 3.8) is 0 Å². The lowest BCUT2D eigenvalue weighted by atomic mass is 10.5. The largest absolute Gasteiger partial charge is 0.400 e. The summed E-state index contributed by atoms with van der Waals surface area (Å²) in [7, 11) is 1.00. The highest BCUT2D eigenvalue weighted by atomic mass is 16.3. The standard InChI is InChI=1S/C6H15N.C3H8O.CH4O/c1-4-7(5-2)6-3;1-3(2)4;1-2/h4-6H2,1-3H3;3-4H,1-2H3;2H,1H3. The molecule has 0 rings (SSSR count). The maximum atomic E-state index is 8.06. The molecule has 0 bridgehead atoms. The van der Waals surface area contributed by atoms with Gasteiger partial charge in [0, 0.05) is 13.2 Å². The van der Waals surface area contributed by atoms with Crippen LogP contribution in [0, 0.1) is 0 Å². The van der Waals surface area contributed by atoms with Crippen LogP contribution >= 0.6 is 0 Å². The maximum Gasteiger partial charge on any atom is 0.0483 e. The molecule has 2 N–H and O–H groups in total. The van der Waals surface area contributed by atoms with Crippen LogP contribution in [0.4, 0.5) is 0 Å². The van der Waals surface area contributed by atoms with Gasteiger partial charge in [-0.1, -0.05) is 20.8 Å². The van der Waals surface area contributed by atoms with E-state index in [4.69, 9.17) is 10.2 Å². The molecule has 3 nitrogen and oxygen atoms in total. The van der Waals surface area contributed by atoms with Gasteiger partial charge in [0.1, 0.15) is 0 Å². The van der Waals surface area contributed by atoms with Crippen molar-refractivity contribution in [1.82, 2.24) is 4.90 Å². The van der Waals surface area contributed by atoms with Crippen LogP contribution in [0.15, 0.2) is 0 Å². The van der Waals surface area contributed by atoms with Crippen molar-refractivity contribution in [2.24, 2.45) is 0 Å². The molecular formula is C10H27NO2. The molecule has 0 atom stereocenters. The molecule has 0 amide bonds. The molecule has 0 aliphatic heterocycles. The maximum absolute atomic E-state index is 8.06. The Hall–Kier alpha value is -0.120. The number of rotatable bonds is 3. The topological polar surface area (TPSA) is 43.7 Å². The second-order valence-electron chi connectivity index (χ2n) is 2.71. The van der Waals surface area contributed by atoms with Crippen molar-refractivity contribution >= 4 is 0 Å². The lowest BCUT2D eigenvalue weighted by molar-refractivity contribution is 0.216. The molecule has 0 aromatic heterocycles. The first kappa shape index (κ1) is 18.6. The third-order valence-electron chi connectivity index (χ3n) is 1.34. The van der Waals surface area contributed by atoms with Crippen LogP contribution in [0.3, 0.4) is 0 Å². The van der Waals surface area contributed by atoms with Gasteiger partial charge in [0.15, 0.2) is 0 Å². The Morgan fingerprint density at radius 3 is 1.08 bits per heavy atom. The lowest BCUT2D eigenvalue weighted by Crippen LogP contribution is -2.21. The average molecular weight is 193 g/mol. The van der Waals surface area contributed by atoms with E-state index in [1.54, 1.807) is 13.8 Å². The van der Waals surface area contributed by atoms with Crippen LogP contribution in [0.1, 0.15) is 34.6 Å². The van der Waals surface area contributed by atoms with Gasteiger partial charge < -0.3 is 15.1 Å². The van der Waals surface area contributed by atoms with Gasteiger partial charge in [-0.25, -0.2) is 0 Å². The second kappa shape index (κ2) is 17.8. The summed E-state index contributed by atoms with van der Waals surface area (Å²) in [5, 5.41) is 15.1. The van der Waals surface area contributed by atoms with E-state index < -0.39 is 0 Å². The molecule has 0 aliphatic rings. The van der Waals surface area contributed by atoms with Crippen LogP contribution < -0.4 is 0 Å². The van der Waals surface area contributed by atoms with E-state index in [2.05, 4.69) is 25.7 Å². The van der Waals surface area contributed by atoms with E-state index in [-0.39, 0.29) is 6.10 Å². The van der Waals surface area contributed by atoms with Crippen molar-refractivity contribution in [2.75, 3.05) is 26.7 Å². The number of hydrogen-bond donors (Lipinski definition) is 2. The third kappa shape index (κ3) is 33.5. The zero-order valence-corrected chi connectivity index (χ0v) is 10.0. The van der Waals surface area contributed by atoms with Gasteiger partial charge in [0.05, 0.1) is 0 Å². The van der Waals surface area contributed by atoms with E-state index in [9.17, 15) is 0 Å². The Morgan fingerprint density at radius 1 is 0.923 bits per heavy atom. The summed E-state index contributed by atoms with van der Waals surface area (Å²) in [6.07, 6.45) is -0.167. The van der Waals surface area contributed by atoms with Crippen LogP contribution in [-0.2, 0) is 0 Å². The van der Waals surface area contributed by atoms with E-state index in [0.717, 1.165) is 7.11 Å². The number of aliphatic hydroxyl groups excluding tert-OH is 2. The first-order chi connectivity index (χ1) is 6.08. The number of aliphatic hydroxyl groups is 2. The molecule has 0 unspecified atom stereocenters. The van der Waals surface area contributed by atoms with E-state index >= 15 is 0 Å². The molecule has 3 heteroatoms. The van der Waals surface area contributed by atoms with Gasteiger partial charge in [-0.05, 0) is 33.5 Å². The minimum Gasteiger partial charge on any atom is -0.400 e. The van der Waals surface area contributed by atoms with Crippen LogP contribution in [-0.4, -0.2) is 48.0 Å². The first-order valence-corrected chi connectivity index (χ1v) is 4.93. The van der Waals surface area contributed by atoms with Gasteiger partial charge in [-0.3, -0.25) is 0 Å². The number of hydrogen-bond acceptors (Lipinski definition) is 3. The van der Waals surface area contributed by atoms with Crippen LogP contribution in [0.5, 0.6) is 0 Å². The van der Waals surface area contributed by atoms with Gasteiger partial charge in [0.2, 0.25) is 0 Å². The highest BCUT2D eigenvalue weighted by Crippen LogP contribution is 1.81. The molecule has 0 aliphatic carbocycles. The molecule has 0 heterocycles. The summed E-state index contributed by atoms with van der Waals surface area (Å²) in [4.78, 5) is 2.38. The van der Waals surface area contributed by atoms with Crippen molar-refractivity contribution in [1.29, 1.82) is 0 Å². The summed E-state index contributed by atoms with van der Waals surface area (Å²) in [6.45, 7) is 13.6. The van der Waals surface area contributed by atoms with Gasteiger partial charge in [-0.15, -0.1) is 0 Å². The fourth-order valence-corrected chi connectivity index (χ4v) is 0.671. The Kier molecular flexibility index (Phi) is 25.5. The summed E-state index contributed by atoms with van der Waals surface area (Å²) >= 11 is 0. The molecule has 0 fully saturated rings. The quantitative estimate of drug-likeness (QED) is 0.711. The van der Waals surface area contributed by atoms with Crippen molar-refractivity contribution in [2.45, 2.75) is 40.7 Å². The molecule has 0 spiro atoms. The monoisotopic (exact) mass is 193 g/mol. The summed E-state index contributed by atoms with van der Waals surface area (Å²) in [6, 6.07) is 0. The minimum absolute atomic E-state index is 0.167. The van der Waals surface area contributed by atoms with E-state index in [1.807, 2.05) is 0 Å². The Bertz CT molecular complexity index is 55.7. The van der Waals surface area contributed by atoms with Crippen molar-refractivity contribution in [3.05, 3.63) is 0 Å². The molecule has 0 radical (unpaired) electrons. The van der Waals surface area contributed by atoms with Crippen LogP contribution in [0.25, 0.3) is 0 Å². The smallest absolute Gasteiger partial charge is 0.0483 e. The van der Waals surface area contributed by atoms with Gasteiger partial charge in [-0.2, -0.15) is 0 Å². The Morgan fingerprint density at radius 2 is 1.08 bits per heavy atom. The summed E-state index contributed by atoms with van der Waals surface area (Å²) < 4.78 is 0. The first-order valence-electron chi connectivity index (χ1n) is 4.93. The number of nitrogens with zero attached hydrogens (tertiary/aromatic N) is 1. The van der Waals surface area contributed by atoms with Gasteiger partial charge >= 0.3 is 0 Å². The average Bonchev–Trinajstić information content (AvgIpc) is 2.10. The van der Waals surface area contributed by atoms with Gasteiger partial charge in [0.25, 0.3) is 0 Å². The van der Waals surface area contributed by atoms with E-state index in [0.29, 0.717) is 0 Å². The molecule has 13 heavy (non-hydrogen) atoms. The molecular weight excluding hydrogens is 166 g/mol. The van der Waals surface area contributed by atoms with E-state index in [1.165, 1.54) is 19.6 Å². The molecule has 0 aromatic rings. The summed E-state index contributed by atoms with van der Waals surface area (Å²) in [5.74, 6) is 0. The summed E-state index contributed by atoms with van der Waals surface area (Å²) in [5.41, 5.74) is 0. The zero-order chi connectivity index (χ0) is 11.3.